The second-order valence-corrected chi connectivity index (χ2v) is 17.2. The molecule has 2 aliphatic heterocycles. The molecule has 1 spiro atoms. The SMILES string of the molecule is COCCOCCOCCCCCCCC(=O)CCCCN(CCCNC(C)C)C(=O)Oc1ccc2c3c1O[C@H]1C(=O)CC[C@@]4(O)[C@@H](C2)N(CC2CC2)CC[C@]314. The number of nitrogens with zero attached hydrogens (tertiary/aromatic N) is 2. The van der Waals surface area contributed by atoms with Crippen molar-refractivity contribution in [3.05, 3.63) is 23.3 Å². The largest absolute Gasteiger partial charge is 0.477 e. The van der Waals surface area contributed by atoms with Crippen LogP contribution in [0.3, 0.4) is 0 Å². The summed E-state index contributed by atoms with van der Waals surface area (Å²) in [5, 5.41) is 16.1. The number of carbonyl (C=O) groups is 3. The molecule has 6 rings (SSSR count). The highest BCUT2D eigenvalue weighted by Gasteiger charge is 2.73. The lowest BCUT2D eigenvalue weighted by Gasteiger charge is -2.62. The average molecular weight is 784 g/mol. The summed E-state index contributed by atoms with van der Waals surface area (Å²) in [6, 6.07) is 4.15. The molecule has 2 bridgehead atoms. The van der Waals surface area contributed by atoms with E-state index in [0.717, 1.165) is 82.3 Å². The van der Waals surface area contributed by atoms with Crippen LogP contribution in [0, 0.1) is 5.92 Å². The number of amides is 1. The van der Waals surface area contributed by atoms with Gasteiger partial charge in [0.1, 0.15) is 5.78 Å². The van der Waals surface area contributed by atoms with E-state index in [4.69, 9.17) is 23.7 Å². The standard InChI is InChI=1S/C44H69N3O9/c1-32(2)45-21-11-23-46(22-9-8-13-35(48)12-7-5-4-6-10-25-53-28-29-54-27-26-52-3)42(50)55-37-17-16-34-30-38-44(51)19-18-36(49)41-43(44,39(34)40(37)56-41)20-24-47(38)31-33-14-15-33/h16-17,32-33,38,41,45,51H,4-15,18-31H2,1-3H3/t38-,41+,43+,44-/m1/s1. The number of carbonyl (C=O) groups excluding carboxylic acids is 3. The molecule has 1 saturated heterocycles. The summed E-state index contributed by atoms with van der Waals surface area (Å²) >= 11 is 0. The van der Waals surface area contributed by atoms with Crippen LogP contribution in [-0.4, -0.2) is 129 Å². The van der Waals surface area contributed by atoms with Crippen LogP contribution >= 0.6 is 0 Å². The summed E-state index contributed by atoms with van der Waals surface area (Å²) < 4.78 is 28.7. The number of rotatable bonds is 27. The van der Waals surface area contributed by atoms with Crippen LogP contribution in [-0.2, 0) is 35.6 Å². The van der Waals surface area contributed by atoms with Gasteiger partial charge in [0, 0.05) is 70.3 Å². The van der Waals surface area contributed by atoms with E-state index < -0.39 is 23.2 Å². The first-order chi connectivity index (χ1) is 27.2. The number of Topliss-reactive ketones (excluding diaryl/α,β-unsaturated/α-hetero) is 2. The predicted molar refractivity (Wildman–Crippen MR) is 214 cm³/mol. The molecular weight excluding hydrogens is 714 g/mol. The van der Waals surface area contributed by atoms with Crippen molar-refractivity contribution in [1.29, 1.82) is 0 Å². The van der Waals surface area contributed by atoms with Crippen molar-refractivity contribution in [1.82, 2.24) is 15.1 Å². The van der Waals surface area contributed by atoms with Crippen molar-refractivity contribution in [2.75, 3.05) is 72.9 Å². The van der Waals surface area contributed by atoms with Gasteiger partial charge in [-0.2, -0.15) is 0 Å². The van der Waals surface area contributed by atoms with Crippen LogP contribution in [0.1, 0.15) is 121 Å². The molecule has 4 atom stereocenters. The predicted octanol–water partition coefficient (Wildman–Crippen LogP) is 5.77. The molecule has 2 heterocycles. The quantitative estimate of drug-likeness (QED) is 0.105. The number of ether oxygens (including phenoxy) is 5. The number of hydrogen-bond donors (Lipinski definition) is 2. The lowest BCUT2D eigenvalue weighted by Crippen LogP contribution is -2.76. The van der Waals surface area contributed by atoms with Gasteiger partial charge in [-0.1, -0.05) is 39.2 Å². The molecule has 0 radical (unpaired) electrons. The van der Waals surface area contributed by atoms with Crippen molar-refractivity contribution in [3.8, 4) is 11.5 Å². The second-order valence-electron chi connectivity index (χ2n) is 17.2. The summed E-state index contributed by atoms with van der Waals surface area (Å²) in [6.07, 6.45) is 11.8. The fraction of sp³-hybridized carbons (Fsp3) is 0.795. The Bertz CT molecular complexity index is 1470. The molecule has 2 N–H and O–H groups in total. The molecule has 3 fully saturated rings. The van der Waals surface area contributed by atoms with Gasteiger partial charge in [-0.25, -0.2) is 4.79 Å². The Labute approximate surface area is 334 Å². The average Bonchev–Trinajstić information content (AvgIpc) is 3.92. The zero-order chi connectivity index (χ0) is 39.5. The third-order valence-electron chi connectivity index (χ3n) is 12.8. The van der Waals surface area contributed by atoms with Crippen LogP contribution in [0.15, 0.2) is 12.1 Å². The van der Waals surface area contributed by atoms with Gasteiger partial charge >= 0.3 is 6.09 Å². The topological polar surface area (TPSA) is 136 Å². The van der Waals surface area contributed by atoms with E-state index >= 15 is 0 Å². The minimum atomic E-state index is -1.07. The van der Waals surface area contributed by atoms with Gasteiger partial charge in [-0.15, -0.1) is 0 Å². The van der Waals surface area contributed by atoms with E-state index in [1.54, 1.807) is 12.0 Å². The van der Waals surface area contributed by atoms with Crippen LogP contribution in [0.5, 0.6) is 11.5 Å². The second kappa shape index (κ2) is 20.4. The number of hydrogen-bond acceptors (Lipinski definition) is 11. The number of likely N-dealkylation sites (tertiary alicyclic amines) is 1. The first kappa shape index (κ1) is 43.0. The molecule has 5 aliphatic rings. The molecule has 12 heteroatoms. The Hall–Kier alpha value is -2.61. The molecular formula is C44H69N3O9. The maximum atomic E-state index is 13.9. The summed E-state index contributed by atoms with van der Waals surface area (Å²) in [6.45, 7) is 10.9. The number of unbranched alkanes of at least 4 members (excludes halogenated alkanes) is 5. The highest BCUT2D eigenvalue weighted by atomic mass is 16.6. The monoisotopic (exact) mass is 784 g/mol. The van der Waals surface area contributed by atoms with Gasteiger partial charge in [0.2, 0.25) is 0 Å². The maximum Gasteiger partial charge on any atom is 0.415 e. The molecule has 1 aromatic rings. The minimum Gasteiger partial charge on any atom is -0.477 e. The molecule has 2 saturated carbocycles. The van der Waals surface area contributed by atoms with E-state index in [1.807, 2.05) is 12.1 Å². The van der Waals surface area contributed by atoms with Gasteiger partial charge in [-0.3, -0.25) is 14.5 Å². The number of methoxy groups -OCH3 is 1. The Morgan fingerprint density at radius 2 is 1.66 bits per heavy atom. The number of benzene rings is 1. The fourth-order valence-corrected chi connectivity index (χ4v) is 9.72. The van der Waals surface area contributed by atoms with E-state index in [0.29, 0.717) is 108 Å². The Kier molecular flexibility index (Phi) is 15.6. The number of piperidine rings is 1. The molecule has 56 heavy (non-hydrogen) atoms. The van der Waals surface area contributed by atoms with Crippen molar-refractivity contribution < 1.29 is 43.2 Å². The fourth-order valence-electron chi connectivity index (χ4n) is 9.72. The van der Waals surface area contributed by atoms with Gasteiger partial charge < -0.3 is 39.0 Å². The van der Waals surface area contributed by atoms with Gasteiger partial charge in [-0.05, 0) is 94.8 Å². The zero-order valence-corrected chi connectivity index (χ0v) is 34.5. The first-order valence-corrected chi connectivity index (χ1v) is 21.9. The van der Waals surface area contributed by atoms with Crippen molar-refractivity contribution >= 4 is 17.7 Å². The molecule has 1 aromatic carbocycles. The minimum absolute atomic E-state index is 0.0247. The lowest BCUT2D eigenvalue weighted by atomic mass is 9.49. The van der Waals surface area contributed by atoms with Crippen LogP contribution in [0.2, 0.25) is 0 Å². The Balaban J connectivity index is 0.985. The summed E-state index contributed by atoms with van der Waals surface area (Å²) in [5.41, 5.74) is 0.0981. The highest BCUT2D eigenvalue weighted by molar-refractivity contribution is 5.90. The molecule has 1 amide bonds. The van der Waals surface area contributed by atoms with Gasteiger partial charge in [0.05, 0.1) is 37.4 Å². The Morgan fingerprint density at radius 3 is 2.43 bits per heavy atom. The summed E-state index contributed by atoms with van der Waals surface area (Å²) in [5.74, 6) is 1.79. The van der Waals surface area contributed by atoms with Gasteiger partial charge in [0.25, 0.3) is 0 Å². The molecule has 12 nitrogen and oxygen atoms in total. The lowest BCUT2D eigenvalue weighted by molar-refractivity contribution is -0.188. The van der Waals surface area contributed by atoms with Crippen molar-refractivity contribution in [3.63, 3.8) is 0 Å². The van der Waals surface area contributed by atoms with Crippen molar-refractivity contribution in [2.24, 2.45) is 5.92 Å². The molecule has 3 aliphatic carbocycles. The number of ketones is 2. The highest BCUT2D eigenvalue weighted by Crippen LogP contribution is 2.65. The first-order valence-electron chi connectivity index (χ1n) is 21.9. The zero-order valence-electron chi connectivity index (χ0n) is 34.5. The van der Waals surface area contributed by atoms with E-state index in [-0.39, 0.29) is 17.6 Å². The normalized spacial score (nSPS) is 25.0. The van der Waals surface area contributed by atoms with Crippen molar-refractivity contribution in [2.45, 2.75) is 146 Å². The maximum absolute atomic E-state index is 13.9. The smallest absolute Gasteiger partial charge is 0.415 e. The third kappa shape index (κ3) is 10.1. The third-order valence-corrected chi connectivity index (χ3v) is 12.8. The van der Waals surface area contributed by atoms with E-state index in [9.17, 15) is 19.5 Å². The molecule has 0 aromatic heterocycles. The van der Waals surface area contributed by atoms with E-state index in [1.165, 1.54) is 12.8 Å². The molecule has 314 valence electrons. The van der Waals surface area contributed by atoms with Crippen LogP contribution < -0.4 is 14.8 Å². The number of nitrogens with one attached hydrogen (secondary N) is 1. The van der Waals surface area contributed by atoms with Gasteiger partial charge in [0.15, 0.2) is 23.4 Å². The number of aliphatic hydroxyl groups is 1. The van der Waals surface area contributed by atoms with E-state index in [2.05, 4.69) is 24.1 Å². The summed E-state index contributed by atoms with van der Waals surface area (Å²) in [7, 11) is 1.66. The Morgan fingerprint density at radius 1 is 0.946 bits per heavy atom. The van der Waals surface area contributed by atoms with Crippen LogP contribution in [0.4, 0.5) is 4.79 Å². The summed E-state index contributed by atoms with van der Waals surface area (Å²) in [4.78, 5) is 44.3. The molecule has 0 unspecified atom stereocenters. The van der Waals surface area contributed by atoms with Crippen LogP contribution in [0.25, 0.3) is 0 Å².